The third-order valence-electron chi connectivity index (χ3n) is 5.02. The molecule has 2 aromatic carbocycles. The Labute approximate surface area is 199 Å². The fourth-order valence-corrected chi connectivity index (χ4v) is 3.29. The molecule has 0 aliphatic rings. The van der Waals surface area contributed by atoms with Crippen LogP contribution in [0.3, 0.4) is 0 Å². The Bertz CT molecular complexity index is 1380. The van der Waals surface area contributed by atoms with Crippen molar-refractivity contribution in [3.63, 3.8) is 0 Å². The normalized spacial score (nSPS) is 11.6. The van der Waals surface area contributed by atoms with Gasteiger partial charge < -0.3 is 10.6 Å². The summed E-state index contributed by atoms with van der Waals surface area (Å²) in [6.45, 7) is 3.42. The quantitative estimate of drug-likeness (QED) is 0.439. The van der Waals surface area contributed by atoms with E-state index in [1.165, 1.54) is 28.1 Å². The zero-order valence-corrected chi connectivity index (χ0v) is 19.0. The van der Waals surface area contributed by atoms with Gasteiger partial charge in [0, 0.05) is 28.2 Å². The molecule has 0 aliphatic heterocycles. The van der Waals surface area contributed by atoms with Gasteiger partial charge in [0.05, 0.1) is 5.69 Å². The van der Waals surface area contributed by atoms with Crippen LogP contribution in [-0.2, 0) is 4.79 Å². The molecule has 0 saturated carbocycles. The van der Waals surface area contributed by atoms with E-state index in [0.29, 0.717) is 27.8 Å². The van der Waals surface area contributed by atoms with Crippen LogP contribution in [0, 0.1) is 6.92 Å². The van der Waals surface area contributed by atoms with E-state index in [-0.39, 0.29) is 11.6 Å². The van der Waals surface area contributed by atoms with E-state index in [0.717, 1.165) is 0 Å². The summed E-state index contributed by atoms with van der Waals surface area (Å²) >= 11 is 5.94. The van der Waals surface area contributed by atoms with Crippen molar-refractivity contribution in [3.05, 3.63) is 93.9 Å². The molecule has 2 aromatic heterocycles. The highest BCUT2D eigenvalue weighted by Crippen LogP contribution is 2.17. The number of anilines is 2. The van der Waals surface area contributed by atoms with Crippen molar-refractivity contribution >= 4 is 34.8 Å². The lowest BCUT2D eigenvalue weighted by molar-refractivity contribution is -0.119. The van der Waals surface area contributed by atoms with Gasteiger partial charge >= 0.3 is 0 Å². The molecule has 0 bridgehead atoms. The van der Waals surface area contributed by atoms with E-state index in [9.17, 15) is 14.4 Å². The van der Waals surface area contributed by atoms with Gasteiger partial charge in [-0.05, 0) is 62.4 Å². The average Bonchev–Trinajstić information content (AvgIpc) is 3.35. The van der Waals surface area contributed by atoms with Crippen LogP contribution in [0.2, 0.25) is 5.02 Å². The van der Waals surface area contributed by atoms with Gasteiger partial charge in [0.1, 0.15) is 18.7 Å². The van der Waals surface area contributed by atoms with Crippen LogP contribution in [0.4, 0.5) is 11.4 Å². The Kier molecular flexibility index (Phi) is 6.51. The number of hydrogen-bond acceptors (Lipinski definition) is 6. The highest BCUT2D eigenvalue weighted by atomic mass is 35.5. The van der Waals surface area contributed by atoms with Gasteiger partial charge in [0.25, 0.3) is 5.91 Å². The number of benzene rings is 2. The predicted molar refractivity (Wildman–Crippen MR) is 127 cm³/mol. The number of rotatable bonds is 6. The van der Waals surface area contributed by atoms with Crippen LogP contribution in [0.25, 0.3) is 5.69 Å². The molecule has 10 nitrogen and oxygen atoms in total. The summed E-state index contributed by atoms with van der Waals surface area (Å²) in [5.41, 5.74) is 1.46. The van der Waals surface area contributed by atoms with E-state index in [1.54, 1.807) is 62.4 Å². The summed E-state index contributed by atoms with van der Waals surface area (Å²) < 4.78 is 2.94. The van der Waals surface area contributed by atoms with Gasteiger partial charge in [0.2, 0.25) is 11.3 Å². The summed E-state index contributed by atoms with van der Waals surface area (Å²) in [5.74, 6) is -0.918. The van der Waals surface area contributed by atoms with E-state index in [4.69, 9.17) is 11.6 Å². The molecular formula is C23H20ClN7O3. The predicted octanol–water partition coefficient (Wildman–Crippen LogP) is 3.24. The van der Waals surface area contributed by atoms with Gasteiger partial charge in [-0.25, -0.2) is 14.3 Å². The van der Waals surface area contributed by atoms with Crippen molar-refractivity contribution in [3.8, 4) is 5.69 Å². The molecule has 1 unspecified atom stereocenters. The van der Waals surface area contributed by atoms with Crippen LogP contribution in [0.1, 0.15) is 29.1 Å². The van der Waals surface area contributed by atoms with Crippen molar-refractivity contribution in [1.82, 2.24) is 24.5 Å². The number of nitrogens with one attached hydrogen (secondary N) is 2. The van der Waals surface area contributed by atoms with Crippen molar-refractivity contribution in [2.45, 2.75) is 19.9 Å². The molecule has 2 amide bonds. The largest absolute Gasteiger partial charge is 0.324 e. The molecule has 0 radical (unpaired) electrons. The lowest BCUT2D eigenvalue weighted by Crippen LogP contribution is -2.27. The monoisotopic (exact) mass is 477 g/mol. The third-order valence-corrected chi connectivity index (χ3v) is 5.27. The number of aromatic nitrogens is 5. The number of nitrogens with zero attached hydrogens (tertiary/aromatic N) is 5. The van der Waals surface area contributed by atoms with Crippen molar-refractivity contribution in [2.75, 3.05) is 10.6 Å². The zero-order chi connectivity index (χ0) is 24.2. The number of amides is 2. The number of carbonyl (C=O) groups excluding carboxylic acids is 2. The van der Waals surface area contributed by atoms with Crippen LogP contribution in [0.15, 0.2) is 72.0 Å². The molecule has 0 spiro atoms. The Hall–Kier alpha value is -4.31. The summed E-state index contributed by atoms with van der Waals surface area (Å²) in [7, 11) is 0. The van der Waals surface area contributed by atoms with E-state index >= 15 is 0 Å². The molecule has 11 heteroatoms. The maximum absolute atomic E-state index is 12.8. The van der Waals surface area contributed by atoms with Crippen LogP contribution in [-0.4, -0.2) is 36.4 Å². The Morgan fingerprint density at radius 2 is 1.65 bits per heavy atom. The van der Waals surface area contributed by atoms with Gasteiger partial charge in [-0.3, -0.25) is 14.4 Å². The smallest absolute Gasteiger partial charge is 0.280 e. The first-order valence-electron chi connectivity index (χ1n) is 10.2. The van der Waals surface area contributed by atoms with Gasteiger partial charge in [-0.2, -0.15) is 10.2 Å². The SMILES string of the molecule is Cc1cc(=O)c(C(=O)Nc2ccc(NC(=O)C(C)n3cncn3)cc2)nn1-c1ccc(Cl)cc1. The van der Waals surface area contributed by atoms with Gasteiger partial charge in [-0.15, -0.1) is 0 Å². The fourth-order valence-electron chi connectivity index (χ4n) is 3.16. The molecular weight excluding hydrogens is 458 g/mol. The van der Waals surface area contributed by atoms with Gasteiger partial charge in [0.15, 0.2) is 5.69 Å². The first-order valence-corrected chi connectivity index (χ1v) is 10.6. The Morgan fingerprint density at radius 1 is 1.00 bits per heavy atom. The molecule has 4 aromatic rings. The lowest BCUT2D eigenvalue weighted by atomic mass is 10.2. The second-order valence-electron chi connectivity index (χ2n) is 7.46. The second kappa shape index (κ2) is 9.67. The highest BCUT2D eigenvalue weighted by Gasteiger charge is 2.17. The molecule has 2 N–H and O–H groups in total. The Morgan fingerprint density at radius 3 is 2.26 bits per heavy atom. The molecule has 34 heavy (non-hydrogen) atoms. The van der Waals surface area contributed by atoms with Crippen molar-refractivity contribution in [1.29, 1.82) is 0 Å². The lowest BCUT2D eigenvalue weighted by Gasteiger charge is -2.13. The second-order valence-corrected chi connectivity index (χ2v) is 7.90. The maximum Gasteiger partial charge on any atom is 0.280 e. The first kappa shape index (κ1) is 22.9. The van der Waals surface area contributed by atoms with E-state index in [1.807, 2.05) is 0 Å². The van der Waals surface area contributed by atoms with Crippen molar-refractivity contribution < 1.29 is 9.59 Å². The first-order chi connectivity index (χ1) is 16.3. The van der Waals surface area contributed by atoms with Crippen molar-refractivity contribution in [2.24, 2.45) is 0 Å². The third kappa shape index (κ3) is 5.02. The zero-order valence-electron chi connectivity index (χ0n) is 18.3. The Balaban J connectivity index is 1.47. The van der Waals surface area contributed by atoms with E-state index in [2.05, 4.69) is 25.8 Å². The minimum Gasteiger partial charge on any atom is -0.324 e. The molecule has 0 aliphatic carbocycles. The standard InChI is InChI=1S/C23H20ClN7O3/c1-14-11-20(32)21(29-31(14)19-9-3-16(24)4-10-19)23(34)28-18-7-5-17(6-8-18)27-22(33)15(2)30-13-25-12-26-30/h3-13,15H,1-2H3,(H,27,33)(H,28,34). The van der Waals surface area contributed by atoms with Gasteiger partial charge in [-0.1, -0.05) is 11.6 Å². The summed E-state index contributed by atoms with van der Waals surface area (Å²) in [4.78, 5) is 41.4. The minimum atomic E-state index is -0.649. The van der Waals surface area contributed by atoms with E-state index < -0.39 is 17.4 Å². The molecule has 0 saturated heterocycles. The molecule has 172 valence electrons. The molecule has 1 atom stereocenters. The number of aryl methyl sites for hydroxylation is 1. The molecule has 2 heterocycles. The average molecular weight is 478 g/mol. The van der Waals surface area contributed by atoms with Crippen LogP contribution >= 0.6 is 11.6 Å². The summed E-state index contributed by atoms with van der Waals surface area (Å²) in [6.07, 6.45) is 2.82. The minimum absolute atomic E-state index is 0.250. The maximum atomic E-state index is 12.8. The van der Waals surface area contributed by atoms with Crippen LogP contribution < -0.4 is 16.1 Å². The highest BCUT2D eigenvalue weighted by molar-refractivity contribution is 6.30. The summed E-state index contributed by atoms with van der Waals surface area (Å²) in [5, 5.41) is 14.2. The fraction of sp³-hybridized carbons (Fsp3) is 0.130. The number of hydrogen-bond donors (Lipinski definition) is 2. The molecule has 0 fully saturated rings. The molecule has 4 rings (SSSR count). The number of carbonyl (C=O) groups is 2. The topological polar surface area (TPSA) is 124 Å². The summed E-state index contributed by atoms with van der Waals surface area (Å²) in [6, 6.07) is 14.2. The number of halogens is 1. The van der Waals surface area contributed by atoms with Crippen LogP contribution in [0.5, 0.6) is 0 Å².